The molecule has 1 aromatic rings. The van der Waals surface area contributed by atoms with E-state index in [1.54, 1.807) is 4.90 Å². The maximum atomic E-state index is 12.5. The van der Waals surface area contributed by atoms with E-state index in [9.17, 15) is 10.1 Å². The summed E-state index contributed by atoms with van der Waals surface area (Å²) in [5.41, 5.74) is 1.17. The normalized spacial score (nSPS) is 23.4. The fourth-order valence-corrected chi connectivity index (χ4v) is 4.00. The van der Waals surface area contributed by atoms with Crippen molar-refractivity contribution < 1.29 is 9.53 Å². The van der Waals surface area contributed by atoms with Crippen LogP contribution in [-0.4, -0.2) is 46.7 Å². The molecule has 5 heteroatoms. The van der Waals surface area contributed by atoms with Crippen molar-refractivity contribution in [1.29, 1.82) is 5.26 Å². The minimum Gasteiger partial charge on any atom is -0.444 e. The zero-order chi connectivity index (χ0) is 19.1. The van der Waals surface area contributed by atoms with Crippen LogP contribution in [0.3, 0.4) is 0 Å². The minimum absolute atomic E-state index is 0.00567. The molecular formula is C21H27N3O2. The van der Waals surface area contributed by atoms with E-state index < -0.39 is 5.60 Å². The summed E-state index contributed by atoms with van der Waals surface area (Å²) >= 11 is 0. The SMILES string of the molecule is CC(C)(C)OC(=O)N1CC2C=C(C#N)C(C1)N2C(C)(C)c1ccccc1. The van der Waals surface area contributed by atoms with Crippen LogP contribution in [0.4, 0.5) is 4.79 Å². The lowest BCUT2D eigenvalue weighted by atomic mass is 9.89. The first kappa shape index (κ1) is 18.5. The summed E-state index contributed by atoms with van der Waals surface area (Å²) in [5, 5.41) is 9.60. The van der Waals surface area contributed by atoms with Gasteiger partial charge in [-0.05, 0) is 40.2 Å². The number of rotatable bonds is 2. The van der Waals surface area contributed by atoms with Crippen LogP contribution in [0.2, 0.25) is 0 Å². The lowest BCUT2D eigenvalue weighted by Crippen LogP contribution is -2.62. The van der Waals surface area contributed by atoms with Crippen LogP contribution in [-0.2, 0) is 10.3 Å². The van der Waals surface area contributed by atoms with E-state index in [-0.39, 0.29) is 23.7 Å². The summed E-state index contributed by atoms with van der Waals surface area (Å²) in [5.74, 6) is 0. The highest BCUT2D eigenvalue weighted by Crippen LogP contribution is 2.40. The Balaban J connectivity index is 1.86. The number of hydrogen-bond acceptors (Lipinski definition) is 4. The molecule has 5 nitrogen and oxygen atoms in total. The number of nitrogens with zero attached hydrogens (tertiary/aromatic N) is 3. The molecule has 0 aromatic heterocycles. The zero-order valence-electron chi connectivity index (χ0n) is 16.2. The highest BCUT2D eigenvalue weighted by molar-refractivity contribution is 5.69. The van der Waals surface area contributed by atoms with E-state index in [4.69, 9.17) is 4.74 Å². The minimum atomic E-state index is -0.526. The van der Waals surface area contributed by atoms with Crippen LogP contribution in [0.15, 0.2) is 42.0 Å². The van der Waals surface area contributed by atoms with Gasteiger partial charge in [-0.1, -0.05) is 36.4 Å². The highest BCUT2D eigenvalue weighted by atomic mass is 16.6. The van der Waals surface area contributed by atoms with E-state index >= 15 is 0 Å². The second-order valence-corrected chi connectivity index (χ2v) is 8.53. The number of fused-ring (bicyclic) bond motifs is 2. The summed E-state index contributed by atoms with van der Waals surface area (Å²) in [6, 6.07) is 12.5. The average Bonchev–Trinajstić information content (AvgIpc) is 2.81. The van der Waals surface area contributed by atoms with Gasteiger partial charge in [0.2, 0.25) is 0 Å². The second kappa shape index (κ2) is 6.44. The molecular weight excluding hydrogens is 326 g/mol. The highest BCUT2D eigenvalue weighted by Gasteiger charge is 2.49. The van der Waals surface area contributed by atoms with Gasteiger partial charge in [0, 0.05) is 30.2 Å². The lowest BCUT2D eigenvalue weighted by molar-refractivity contribution is -0.0223. The molecule has 0 spiro atoms. The third-order valence-electron chi connectivity index (χ3n) is 5.13. The van der Waals surface area contributed by atoms with Gasteiger partial charge >= 0.3 is 6.09 Å². The van der Waals surface area contributed by atoms with Crippen LogP contribution in [0.25, 0.3) is 0 Å². The van der Waals surface area contributed by atoms with Gasteiger partial charge in [-0.2, -0.15) is 5.26 Å². The van der Waals surface area contributed by atoms with Crippen LogP contribution in [0, 0.1) is 11.3 Å². The molecule has 2 atom stereocenters. The Bertz CT molecular complexity index is 756. The molecule has 2 aliphatic heterocycles. The standard InChI is InChI=1S/C21H27N3O2/c1-20(2,3)26-19(25)23-13-17-11-15(12-22)18(14-23)24(17)21(4,5)16-9-7-6-8-10-16/h6-11,17-18H,13-14H2,1-5H3. The van der Waals surface area contributed by atoms with Crippen LogP contribution >= 0.6 is 0 Å². The number of ether oxygens (including phenoxy) is 1. The second-order valence-electron chi connectivity index (χ2n) is 8.53. The van der Waals surface area contributed by atoms with Crippen molar-refractivity contribution in [3.05, 3.63) is 47.5 Å². The number of hydrogen-bond donors (Lipinski definition) is 0. The monoisotopic (exact) mass is 353 g/mol. The van der Waals surface area contributed by atoms with Crippen molar-refractivity contribution in [3.63, 3.8) is 0 Å². The Morgan fingerprint density at radius 1 is 1.15 bits per heavy atom. The Kier molecular flexibility index (Phi) is 4.58. The molecule has 26 heavy (non-hydrogen) atoms. The van der Waals surface area contributed by atoms with Crippen molar-refractivity contribution in [2.45, 2.75) is 57.8 Å². The molecule has 0 saturated carbocycles. The molecule has 0 aliphatic carbocycles. The number of benzene rings is 1. The van der Waals surface area contributed by atoms with Gasteiger partial charge in [0.05, 0.1) is 12.1 Å². The third-order valence-corrected chi connectivity index (χ3v) is 5.13. The van der Waals surface area contributed by atoms with Gasteiger partial charge in [0.25, 0.3) is 0 Å². The van der Waals surface area contributed by atoms with Crippen LogP contribution in [0.1, 0.15) is 40.2 Å². The van der Waals surface area contributed by atoms with E-state index in [1.165, 1.54) is 5.56 Å². The molecule has 0 radical (unpaired) electrons. The van der Waals surface area contributed by atoms with Crippen molar-refractivity contribution in [3.8, 4) is 6.07 Å². The molecule has 3 rings (SSSR count). The van der Waals surface area contributed by atoms with Crippen molar-refractivity contribution in [2.75, 3.05) is 13.1 Å². The molecule has 1 saturated heterocycles. The molecule has 1 fully saturated rings. The predicted octanol–water partition coefficient (Wildman–Crippen LogP) is 3.68. The average molecular weight is 353 g/mol. The molecule has 2 heterocycles. The number of nitriles is 1. The van der Waals surface area contributed by atoms with Crippen molar-refractivity contribution in [2.24, 2.45) is 0 Å². The first-order chi connectivity index (χ1) is 12.1. The molecule has 2 unspecified atom stereocenters. The Hall–Kier alpha value is -2.32. The van der Waals surface area contributed by atoms with Crippen LogP contribution in [0.5, 0.6) is 0 Å². The largest absolute Gasteiger partial charge is 0.444 e. The third kappa shape index (κ3) is 3.34. The van der Waals surface area contributed by atoms with Gasteiger partial charge < -0.3 is 9.64 Å². The van der Waals surface area contributed by atoms with E-state index in [0.717, 1.165) is 5.57 Å². The van der Waals surface area contributed by atoms with E-state index in [2.05, 4.69) is 36.9 Å². The Morgan fingerprint density at radius 2 is 1.81 bits per heavy atom. The van der Waals surface area contributed by atoms with Gasteiger partial charge in [0.15, 0.2) is 0 Å². The first-order valence-electron chi connectivity index (χ1n) is 9.07. The summed E-state index contributed by atoms with van der Waals surface area (Å²) in [6.07, 6.45) is 1.71. The Morgan fingerprint density at radius 3 is 2.38 bits per heavy atom. The molecule has 2 bridgehead atoms. The topological polar surface area (TPSA) is 56.6 Å². The van der Waals surface area contributed by atoms with Crippen molar-refractivity contribution in [1.82, 2.24) is 9.80 Å². The fraction of sp³-hybridized carbons (Fsp3) is 0.524. The zero-order valence-corrected chi connectivity index (χ0v) is 16.2. The molecule has 1 aromatic carbocycles. The maximum Gasteiger partial charge on any atom is 0.410 e. The summed E-state index contributed by atoms with van der Waals surface area (Å²) in [7, 11) is 0. The molecule has 2 aliphatic rings. The van der Waals surface area contributed by atoms with Gasteiger partial charge in [0.1, 0.15) is 5.60 Å². The molecule has 138 valence electrons. The summed E-state index contributed by atoms with van der Waals surface area (Å²) in [6.45, 7) is 11.0. The van der Waals surface area contributed by atoms with Gasteiger partial charge in [-0.25, -0.2) is 4.79 Å². The molecule has 0 N–H and O–H groups in total. The fourth-order valence-electron chi connectivity index (χ4n) is 4.00. The first-order valence-corrected chi connectivity index (χ1v) is 9.07. The predicted molar refractivity (Wildman–Crippen MR) is 100 cm³/mol. The smallest absolute Gasteiger partial charge is 0.410 e. The number of piperazine rings is 1. The quantitative estimate of drug-likeness (QED) is 0.814. The Labute approximate surface area is 155 Å². The number of amides is 1. The molecule has 1 amide bonds. The maximum absolute atomic E-state index is 12.5. The lowest BCUT2D eigenvalue weighted by Gasteiger charge is -2.49. The summed E-state index contributed by atoms with van der Waals surface area (Å²) in [4.78, 5) is 16.6. The number of carbonyl (C=O) groups is 1. The number of carbonyl (C=O) groups excluding carboxylic acids is 1. The van der Waals surface area contributed by atoms with Gasteiger partial charge in [-0.3, -0.25) is 4.90 Å². The van der Waals surface area contributed by atoms with Crippen LogP contribution < -0.4 is 0 Å². The summed E-state index contributed by atoms with van der Waals surface area (Å²) < 4.78 is 5.54. The van der Waals surface area contributed by atoms with E-state index in [1.807, 2.05) is 45.0 Å². The van der Waals surface area contributed by atoms with Gasteiger partial charge in [-0.15, -0.1) is 0 Å². The van der Waals surface area contributed by atoms with E-state index in [0.29, 0.717) is 13.1 Å². The van der Waals surface area contributed by atoms with Crippen molar-refractivity contribution >= 4 is 6.09 Å².